The van der Waals surface area contributed by atoms with Crippen LogP contribution in [0.4, 0.5) is 12.9 Å². The Balaban J connectivity index is 0.00000144. The van der Waals surface area contributed by atoms with Gasteiger partial charge in [0.15, 0.2) is 0 Å². The second-order valence-electron chi connectivity index (χ2n) is 2.55. The summed E-state index contributed by atoms with van der Waals surface area (Å²) in [5.41, 5.74) is -0.259. The Morgan fingerprint density at radius 3 is 2.15 bits per heavy atom. The van der Waals surface area contributed by atoms with Crippen molar-refractivity contribution in [1.82, 2.24) is 0 Å². The number of benzene rings is 1. The molecule has 1 rings (SSSR count). The predicted octanol–water partition coefficient (Wildman–Crippen LogP) is -0.293. The van der Waals surface area contributed by atoms with Gasteiger partial charge in [0.25, 0.3) is 0 Å². The summed E-state index contributed by atoms with van der Waals surface area (Å²) in [6, 6.07) is 3.90. The van der Waals surface area contributed by atoms with Crippen LogP contribution < -0.4 is 56.8 Å². The zero-order valence-corrected chi connectivity index (χ0v) is 11.2. The van der Waals surface area contributed by atoms with Crippen LogP contribution in [0.3, 0.4) is 0 Å². The van der Waals surface area contributed by atoms with Crippen molar-refractivity contribution in [2.75, 3.05) is 0 Å². The molecular weight excluding hydrogens is 226 g/mol. The maximum absolute atomic E-state index is 12.2. The molecule has 0 N–H and O–H groups in total. The molecule has 0 aliphatic heterocycles. The van der Waals surface area contributed by atoms with E-state index in [1.165, 1.54) is 6.07 Å². The van der Waals surface area contributed by atoms with Crippen LogP contribution >= 0.6 is 11.6 Å². The summed E-state index contributed by atoms with van der Waals surface area (Å²) >= 11 is 5.47. The third-order valence-corrected chi connectivity index (χ3v) is 2.09. The van der Waals surface area contributed by atoms with E-state index < -0.39 is 12.4 Å². The molecule has 0 nitrogen and oxygen atoms in total. The SMILES string of the molecule is Cc1cccc([B-](F)(F)F)c1Cl.[K+]. The van der Waals surface area contributed by atoms with Crippen LogP contribution in [0, 0.1) is 6.92 Å². The first kappa shape index (κ1) is 14.0. The molecule has 0 bridgehead atoms. The average molecular weight is 232 g/mol. The van der Waals surface area contributed by atoms with Gasteiger partial charge in [0, 0.05) is 5.02 Å². The average Bonchev–Trinajstić information content (AvgIpc) is 1.92. The molecule has 13 heavy (non-hydrogen) atoms. The Morgan fingerprint density at radius 2 is 1.77 bits per heavy atom. The molecule has 0 saturated carbocycles. The van der Waals surface area contributed by atoms with Gasteiger partial charge in [-0.1, -0.05) is 35.3 Å². The van der Waals surface area contributed by atoms with Gasteiger partial charge in [0.2, 0.25) is 0 Å². The van der Waals surface area contributed by atoms with Gasteiger partial charge >= 0.3 is 58.4 Å². The van der Waals surface area contributed by atoms with Gasteiger partial charge in [0.1, 0.15) is 0 Å². The molecule has 1 aromatic rings. The maximum Gasteiger partial charge on any atom is 1.00 e. The minimum Gasteiger partial charge on any atom is -0.445 e. The van der Waals surface area contributed by atoms with Gasteiger partial charge in [0.05, 0.1) is 0 Å². The Labute approximate surface area is 122 Å². The number of hydrogen-bond acceptors (Lipinski definition) is 0. The Kier molecular flexibility index (Phi) is 5.59. The molecule has 66 valence electrons. The normalized spacial score (nSPS) is 10.8. The minimum atomic E-state index is -4.98. The van der Waals surface area contributed by atoms with Gasteiger partial charge in [-0.25, -0.2) is 0 Å². The number of hydrogen-bond donors (Lipinski definition) is 0. The quantitative estimate of drug-likeness (QED) is 0.584. The fourth-order valence-corrected chi connectivity index (χ4v) is 1.17. The fraction of sp³-hybridized carbons (Fsp3) is 0.143. The van der Waals surface area contributed by atoms with Gasteiger partial charge in [-0.3, -0.25) is 0 Å². The van der Waals surface area contributed by atoms with Crippen molar-refractivity contribution in [3.8, 4) is 0 Å². The smallest absolute Gasteiger partial charge is 0.445 e. The molecule has 0 atom stereocenters. The summed E-state index contributed by atoms with van der Waals surface area (Å²) in [5.74, 6) is 0. The molecular formula is C7H6BClF3K. The maximum atomic E-state index is 12.2. The van der Waals surface area contributed by atoms with Crippen molar-refractivity contribution < 1.29 is 64.3 Å². The molecule has 0 aliphatic rings. The number of halogens is 4. The van der Waals surface area contributed by atoms with E-state index in [0.29, 0.717) is 5.56 Å². The van der Waals surface area contributed by atoms with Crippen LogP contribution in [0.5, 0.6) is 0 Å². The van der Waals surface area contributed by atoms with Crippen molar-refractivity contribution in [3.05, 3.63) is 28.8 Å². The summed E-state index contributed by atoms with van der Waals surface area (Å²) < 4.78 is 36.6. The Hall–Kier alpha value is 1.00. The van der Waals surface area contributed by atoms with Crippen LogP contribution in [-0.4, -0.2) is 6.98 Å². The third-order valence-electron chi connectivity index (χ3n) is 1.57. The Bertz CT molecular complexity index is 300. The number of aryl methyl sites for hydroxylation is 1. The van der Waals surface area contributed by atoms with Crippen molar-refractivity contribution in [3.63, 3.8) is 0 Å². The summed E-state index contributed by atoms with van der Waals surface area (Å²) in [5, 5.41) is -0.190. The zero-order chi connectivity index (χ0) is 9.35. The first-order valence-electron chi connectivity index (χ1n) is 3.38. The number of rotatable bonds is 1. The molecule has 0 unspecified atom stereocenters. The van der Waals surface area contributed by atoms with Gasteiger partial charge in [-0.05, 0) is 12.5 Å². The molecule has 0 saturated heterocycles. The van der Waals surface area contributed by atoms with Crippen LogP contribution in [-0.2, 0) is 0 Å². The van der Waals surface area contributed by atoms with E-state index in [0.717, 1.165) is 6.07 Å². The molecule has 0 fully saturated rings. The first-order chi connectivity index (χ1) is 5.43. The van der Waals surface area contributed by atoms with Crippen LogP contribution in [0.1, 0.15) is 5.56 Å². The van der Waals surface area contributed by atoms with Crippen LogP contribution in [0.2, 0.25) is 5.02 Å². The van der Waals surface area contributed by atoms with Crippen molar-refractivity contribution >= 4 is 24.0 Å². The van der Waals surface area contributed by atoms with Gasteiger partial charge < -0.3 is 12.9 Å². The molecule has 6 heteroatoms. The molecule has 0 heterocycles. The van der Waals surface area contributed by atoms with Gasteiger partial charge in [-0.15, -0.1) is 0 Å². The van der Waals surface area contributed by atoms with E-state index in [9.17, 15) is 12.9 Å². The van der Waals surface area contributed by atoms with Crippen LogP contribution in [0.25, 0.3) is 0 Å². The van der Waals surface area contributed by atoms with Crippen molar-refractivity contribution in [2.24, 2.45) is 0 Å². The van der Waals surface area contributed by atoms with E-state index in [2.05, 4.69) is 0 Å². The second kappa shape index (κ2) is 5.19. The van der Waals surface area contributed by atoms with Crippen LogP contribution in [0.15, 0.2) is 18.2 Å². The minimum absolute atomic E-state index is 0. The van der Waals surface area contributed by atoms with Crippen molar-refractivity contribution in [1.29, 1.82) is 0 Å². The third kappa shape index (κ3) is 3.57. The van der Waals surface area contributed by atoms with Gasteiger partial charge in [-0.2, -0.15) is 0 Å². The van der Waals surface area contributed by atoms with E-state index in [-0.39, 0.29) is 56.4 Å². The molecule has 0 aliphatic carbocycles. The van der Waals surface area contributed by atoms with E-state index in [1.54, 1.807) is 13.0 Å². The predicted molar refractivity (Wildman–Crippen MR) is 44.9 cm³/mol. The molecule has 1 aromatic carbocycles. The largest absolute Gasteiger partial charge is 1.00 e. The summed E-state index contributed by atoms with van der Waals surface area (Å²) in [4.78, 5) is 0. The topological polar surface area (TPSA) is 0 Å². The first-order valence-corrected chi connectivity index (χ1v) is 3.75. The second-order valence-corrected chi connectivity index (χ2v) is 2.93. The standard InChI is InChI=1S/C7H6BClF3.K/c1-5-3-2-4-6(7(5)9)8(10,11)12;/h2-4H,1H3;/q-1;+1. The van der Waals surface area contributed by atoms with E-state index in [1.807, 2.05) is 0 Å². The molecule has 0 aromatic heterocycles. The zero-order valence-electron chi connectivity index (χ0n) is 7.32. The summed E-state index contributed by atoms with van der Waals surface area (Å²) in [6.07, 6.45) is 0. The molecule has 0 spiro atoms. The van der Waals surface area contributed by atoms with E-state index in [4.69, 9.17) is 11.6 Å². The molecule has 0 amide bonds. The summed E-state index contributed by atoms with van der Waals surface area (Å²) in [7, 11) is 0. The molecule has 0 radical (unpaired) electrons. The summed E-state index contributed by atoms with van der Waals surface area (Å²) in [6.45, 7) is -3.43. The monoisotopic (exact) mass is 232 g/mol. The van der Waals surface area contributed by atoms with E-state index >= 15 is 0 Å². The van der Waals surface area contributed by atoms with Crippen molar-refractivity contribution in [2.45, 2.75) is 6.92 Å². The Morgan fingerprint density at radius 1 is 1.23 bits per heavy atom. The fourth-order valence-electron chi connectivity index (χ4n) is 0.923.